The van der Waals surface area contributed by atoms with Crippen LogP contribution in [0.5, 0.6) is 0 Å². The van der Waals surface area contributed by atoms with Crippen molar-refractivity contribution in [3.05, 3.63) is 29.8 Å². The van der Waals surface area contributed by atoms with E-state index in [-0.39, 0.29) is 19.1 Å². The number of anilines is 1. The van der Waals surface area contributed by atoms with Crippen LogP contribution in [-0.4, -0.2) is 60.9 Å². The number of benzene rings is 1. The van der Waals surface area contributed by atoms with Crippen LogP contribution in [0.4, 0.5) is 5.69 Å². The van der Waals surface area contributed by atoms with Crippen molar-refractivity contribution in [1.29, 1.82) is 0 Å². The first kappa shape index (κ1) is 18.4. The minimum absolute atomic E-state index is 0.108. The van der Waals surface area contributed by atoms with Gasteiger partial charge in [-0.2, -0.15) is 5.10 Å². The van der Waals surface area contributed by atoms with Crippen LogP contribution < -0.4 is 5.01 Å². The number of hydrazone groups is 1. The van der Waals surface area contributed by atoms with E-state index in [1.807, 2.05) is 24.1 Å². The van der Waals surface area contributed by atoms with Crippen LogP contribution in [0.25, 0.3) is 0 Å². The van der Waals surface area contributed by atoms with Crippen molar-refractivity contribution in [2.75, 3.05) is 38.4 Å². The topological polar surface area (TPSA) is 82.4 Å². The third-order valence-electron chi connectivity index (χ3n) is 5.13. The lowest BCUT2D eigenvalue weighted by Gasteiger charge is -2.39. The average Bonchev–Trinajstić information content (AvgIpc) is 3.08. The molecule has 1 amide bonds. The van der Waals surface area contributed by atoms with E-state index in [9.17, 15) is 14.7 Å². The summed E-state index contributed by atoms with van der Waals surface area (Å²) in [6, 6.07) is 7.35. The van der Waals surface area contributed by atoms with Crippen LogP contribution in [0.2, 0.25) is 0 Å². The lowest BCUT2D eigenvalue weighted by atomic mass is 9.80. The number of hydrogen-bond donors (Lipinski definition) is 1. The van der Waals surface area contributed by atoms with Gasteiger partial charge < -0.3 is 14.7 Å². The highest BCUT2D eigenvalue weighted by molar-refractivity contribution is 5.95. The maximum absolute atomic E-state index is 12.9. The Hall–Kier alpha value is -2.41. The molecule has 7 heteroatoms. The van der Waals surface area contributed by atoms with E-state index in [4.69, 9.17) is 4.74 Å². The Bertz CT molecular complexity index is 712. The molecule has 2 heterocycles. The van der Waals surface area contributed by atoms with Crippen molar-refractivity contribution in [1.82, 2.24) is 4.90 Å². The number of ether oxygens (including phenoxy) is 1. The molecule has 1 atom stereocenters. The van der Waals surface area contributed by atoms with E-state index in [0.717, 1.165) is 24.4 Å². The largest absolute Gasteiger partial charge is 0.481 e. The van der Waals surface area contributed by atoms with E-state index in [0.29, 0.717) is 24.9 Å². The number of methoxy groups -OCH3 is 1. The summed E-state index contributed by atoms with van der Waals surface area (Å²) in [6.45, 7) is 3.70. The number of rotatable bonds is 5. The van der Waals surface area contributed by atoms with Gasteiger partial charge in [-0.25, -0.2) is 0 Å². The Morgan fingerprint density at radius 2 is 2.00 bits per heavy atom. The minimum Gasteiger partial charge on any atom is -0.481 e. The Morgan fingerprint density at radius 3 is 2.58 bits per heavy atom. The molecule has 2 aliphatic rings. The molecule has 26 heavy (non-hydrogen) atoms. The van der Waals surface area contributed by atoms with Crippen molar-refractivity contribution in [2.24, 2.45) is 10.5 Å². The fraction of sp³-hybridized carbons (Fsp3) is 0.526. The zero-order chi connectivity index (χ0) is 18.7. The van der Waals surface area contributed by atoms with Crippen LogP contribution >= 0.6 is 0 Å². The molecule has 1 unspecified atom stereocenters. The number of carboxylic acids is 1. The average molecular weight is 359 g/mol. The van der Waals surface area contributed by atoms with E-state index >= 15 is 0 Å². The molecule has 7 nitrogen and oxygen atoms in total. The molecule has 0 saturated carbocycles. The van der Waals surface area contributed by atoms with Gasteiger partial charge in [0.25, 0.3) is 5.91 Å². The second kappa shape index (κ2) is 7.45. The van der Waals surface area contributed by atoms with Crippen molar-refractivity contribution in [3.63, 3.8) is 0 Å². The second-order valence-electron chi connectivity index (χ2n) is 7.10. The number of carboxylic acid groups (broad SMARTS) is 1. The van der Waals surface area contributed by atoms with Gasteiger partial charge >= 0.3 is 5.97 Å². The van der Waals surface area contributed by atoms with Gasteiger partial charge in [0.2, 0.25) is 0 Å². The molecule has 1 N–H and O–H groups in total. The minimum atomic E-state index is -1.02. The van der Waals surface area contributed by atoms with Crippen LogP contribution in [-0.2, 0) is 9.53 Å². The van der Waals surface area contributed by atoms with E-state index < -0.39 is 11.4 Å². The highest BCUT2D eigenvalue weighted by atomic mass is 16.5. The van der Waals surface area contributed by atoms with Gasteiger partial charge in [0.1, 0.15) is 5.41 Å². The van der Waals surface area contributed by atoms with Crippen LogP contribution in [0.3, 0.4) is 0 Å². The number of likely N-dealkylation sites (tertiary alicyclic amines) is 1. The standard InChI is InChI=1S/C19H25N3O4/c1-14-8-11-22(20-14)16-6-4-15(5-7-16)17(23)21-10-3-9-19(12-21,13-26-2)18(24)25/h4-7H,3,8-13H2,1-2H3,(H,24,25). The molecule has 0 spiro atoms. The summed E-state index contributed by atoms with van der Waals surface area (Å²) in [5, 5.41) is 16.0. The maximum atomic E-state index is 12.9. The van der Waals surface area contributed by atoms with Crippen molar-refractivity contribution < 1.29 is 19.4 Å². The number of carbonyl (C=O) groups excluding carboxylic acids is 1. The first-order valence-corrected chi connectivity index (χ1v) is 8.88. The quantitative estimate of drug-likeness (QED) is 0.872. The maximum Gasteiger partial charge on any atom is 0.313 e. The van der Waals surface area contributed by atoms with Crippen LogP contribution in [0.1, 0.15) is 36.5 Å². The number of nitrogens with zero attached hydrogens (tertiary/aromatic N) is 3. The van der Waals surface area contributed by atoms with Crippen LogP contribution in [0.15, 0.2) is 29.4 Å². The van der Waals surface area contributed by atoms with E-state index in [1.165, 1.54) is 7.11 Å². The zero-order valence-electron chi connectivity index (χ0n) is 15.3. The molecule has 140 valence electrons. The summed E-state index contributed by atoms with van der Waals surface area (Å²) in [5.74, 6) is -1.05. The third kappa shape index (κ3) is 3.58. The number of hydrogen-bond acceptors (Lipinski definition) is 5. The Balaban J connectivity index is 1.73. The van der Waals surface area contributed by atoms with Crippen molar-refractivity contribution >= 4 is 23.3 Å². The predicted octanol–water partition coefficient (Wildman–Crippen LogP) is 2.23. The number of carbonyl (C=O) groups is 2. The molecule has 1 saturated heterocycles. The zero-order valence-corrected chi connectivity index (χ0v) is 15.3. The first-order chi connectivity index (χ1) is 12.4. The summed E-state index contributed by atoms with van der Waals surface area (Å²) >= 11 is 0. The monoisotopic (exact) mass is 359 g/mol. The molecule has 1 aromatic carbocycles. The van der Waals surface area contributed by atoms with Crippen molar-refractivity contribution in [3.8, 4) is 0 Å². The van der Waals surface area contributed by atoms with Crippen LogP contribution in [0, 0.1) is 5.41 Å². The normalized spacial score (nSPS) is 23.1. The molecule has 0 aliphatic carbocycles. The van der Waals surface area contributed by atoms with Gasteiger partial charge in [-0.3, -0.25) is 14.6 Å². The van der Waals surface area contributed by atoms with Gasteiger partial charge in [0.05, 0.1) is 12.3 Å². The molecular formula is C19H25N3O4. The van der Waals surface area contributed by atoms with Gasteiger partial charge in [0.15, 0.2) is 0 Å². The Morgan fingerprint density at radius 1 is 1.27 bits per heavy atom. The summed E-state index contributed by atoms with van der Waals surface area (Å²) in [6.07, 6.45) is 2.12. The molecule has 1 aromatic rings. The van der Waals surface area contributed by atoms with Crippen molar-refractivity contribution in [2.45, 2.75) is 26.2 Å². The second-order valence-corrected chi connectivity index (χ2v) is 7.10. The van der Waals surface area contributed by atoms with Gasteiger partial charge in [-0.05, 0) is 44.0 Å². The highest BCUT2D eigenvalue weighted by Crippen LogP contribution is 2.32. The lowest BCUT2D eigenvalue weighted by Crippen LogP contribution is -2.52. The number of amides is 1. The Labute approximate surface area is 153 Å². The molecule has 1 fully saturated rings. The smallest absolute Gasteiger partial charge is 0.313 e. The fourth-order valence-electron chi connectivity index (χ4n) is 3.65. The highest BCUT2D eigenvalue weighted by Gasteiger charge is 2.44. The first-order valence-electron chi connectivity index (χ1n) is 8.88. The summed E-state index contributed by atoms with van der Waals surface area (Å²) in [4.78, 5) is 26.2. The molecule has 2 aliphatic heterocycles. The van der Waals surface area contributed by atoms with Gasteiger partial charge in [0, 0.05) is 44.4 Å². The molecule has 0 radical (unpaired) electrons. The van der Waals surface area contributed by atoms with Gasteiger partial charge in [-0.1, -0.05) is 0 Å². The molecule has 0 aromatic heterocycles. The van der Waals surface area contributed by atoms with E-state index in [1.54, 1.807) is 17.0 Å². The summed E-state index contributed by atoms with van der Waals surface area (Å²) < 4.78 is 5.12. The number of aliphatic carboxylic acids is 1. The summed E-state index contributed by atoms with van der Waals surface area (Å²) in [7, 11) is 1.49. The predicted molar refractivity (Wildman–Crippen MR) is 98.6 cm³/mol. The molecule has 3 rings (SSSR count). The summed E-state index contributed by atoms with van der Waals surface area (Å²) in [5.41, 5.74) is 1.59. The fourth-order valence-corrected chi connectivity index (χ4v) is 3.65. The number of piperidine rings is 1. The molecule has 0 bridgehead atoms. The van der Waals surface area contributed by atoms with E-state index in [2.05, 4.69) is 5.10 Å². The van der Waals surface area contributed by atoms with Gasteiger partial charge in [-0.15, -0.1) is 0 Å². The SMILES string of the molecule is COCC1(C(=O)O)CCCN(C(=O)c2ccc(N3CCC(C)=N3)cc2)C1. The lowest BCUT2D eigenvalue weighted by molar-refractivity contribution is -0.155. The third-order valence-corrected chi connectivity index (χ3v) is 5.13. The Kier molecular flexibility index (Phi) is 5.27. The molecular weight excluding hydrogens is 334 g/mol.